The van der Waals surface area contributed by atoms with Crippen LogP contribution in [-0.2, 0) is 0 Å². The Bertz CT molecular complexity index is 823. The highest BCUT2D eigenvalue weighted by Crippen LogP contribution is 2.27. The van der Waals surface area contributed by atoms with Crippen LogP contribution < -0.4 is 15.5 Å². The number of piperazine rings is 1. The van der Waals surface area contributed by atoms with E-state index < -0.39 is 0 Å². The number of para-hydroxylation sites is 2. The van der Waals surface area contributed by atoms with E-state index >= 15 is 0 Å². The summed E-state index contributed by atoms with van der Waals surface area (Å²) in [6.07, 6.45) is 0. The number of benzene rings is 2. The van der Waals surface area contributed by atoms with Crippen molar-refractivity contribution in [2.75, 3.05) is 50.7 Å². The van der Waals surface area contributed by atoms with Crippen LogP contribution in [0.2, 0.25) is 0 Å². The molecule has 0 atom stereocenters. The molecule has 2 aromatic rings. The number of halogens is 1. The normalized spacial score (nSPS) is 14.1. The molecule has 1 amide bonds. The lowest BCUT2D eigenvalue weighted by Crippen LogP contribution is -2.52. The van der Waals surface area contributed by atoms with Crippen molar-refractivity contribution in [3.05, 3.63) is 60.2 Å². The van der Waals surface area contributed by atoms with Gasteiger partial charge in [-0.2, -0.15) is 0 Å². The zero-order valence-electron chi connectivity index (χ0n) is 17.3. The molecule has 8 heteroatoms. The number of aliphatic imine (C=N–C) groups is 1. The summed E-state index contributed by atoms with van der Waals surface area (Å²) in [5.74, 6) is 1.09. The molecule has 3 rings (SSSR count). The van der Waals surface area contributed by atoms with Gasteiger partial charge in [-0.25, -0.2) is 0 Å². The highest BCUT2D eigenvalue weighted by molar-refractivity contribution is 14.0. The highest BCUT2D eigenvalue weighted by Gasteiger charge is 2.21. The number of carbonyl (C=O) groups is 1. The van der Waals surface area contributed by atoms with Crippen LogP contribution in [0.25, 0.3) is 0 Å². The zero-order chi connectivity index (χ0) is 20.5. The molecule has 2 aromatic carbocycles. The number of aromatic hydroxyl groups is 1. The maximum absolute atomic E-state index is 12.1. The first-order chi connectivity index (χ1) is 14.2. The molecule has 1 aliphatic rings. The number of phenols is 1. The standard InChI is InChI=1S/C22H29N5O2.HI/c1-2-23-22(25-13-12-24-21(29)18-8-4-3-5-9-18)27-16-14-26(15-17-27)19-10-6-7-11-20(19)28;/h3-11,28H,2,12-17H2,1H3,(H,23,25)(H,24,29);1H. The van der Waals surface area contributed by atoms with E-state index in [0.717, 1.165) is 44.4 Å². The van der Waals surface area contributed by atoms with Gasteiger partial charge in [-0.1, -0.05) is 30.3 Å². The summed E-state index contributed by atoms with van der Waals surface area (Å²) in [6, 6.07) is 16.6. The van der Waals surface area contributed by atoms with Crippen molar-refractivity contribution < 1.29 is 9.90 Å². The Labute approximate surface area is 195 Å². The van der Waals surface area contributed by atoms with Crippen LogP contribution in [0.15, 0.2) is 59.6 Å². The Morgan fingerprint density at radius 3 is 2.33 bits per heavy atom. The molecule has 1 fully saturated rings. The largest absolute Gasteiger partial charge is 0.506 e. The molecule has 0 radical (unpaired) electrons. The molecule has 0 aliphatic carbocycles. The van der Waals surface area contributed by atoms with Gasteiger partial charge >= 0.3 is 0 Å². The van der Waals surface area contributed by atoms with E-state index in [1.165, 1.54) is 0 Å². The Morgan fingerprint density at radius 1 is 1.00 bits per heavy atom. The van der Waals surface area contributed by atoms with Gasteiger partial charge in [-0.05, 0) is 31.2 Å². The lowest BCUT2D eigenvalue weighted by atomic mass is 10.2. The first-order valence-corrected chi connectivity index (χ1v) is 10.1. The third-order valence-electron chi connectivity index (χ3n) is 4.83. The van der Waals surface area contributed by atoms with E-state index in [0.29, 0.717) is 24.4 Å². The lowest BCUT2D eigenvalue weighted by Gasteiger charge is -2.37. The number of phenolic OH excluding ortho intramolecular Hbond substituents is 1. The molecular formula is C22H30IN5O2. The van der Waals surface area contributed by atoms with E-state index in [1.807, 2.05) is 43.3 Å². The molecule has 162 valence electrons. The van der Waals surface area contributed by atoms with E-state index in [4.69, 9.17) is 0 Å². The molecular weight excluding hydrogens is 493 g/mol. The number of hydrogen-bond donors (Lipinski definition) is 3. The number of amides is 1. The predicted octanol–water partition coefficient (Wildman–Crippen LogP) is 2.53. The first kappa shape index (κ1) is 23.8. The van der Waals surface area contributed by atoms with Crippen LogP contribution in [0.5, 0.6) is 5.75 Å². The lowest BCUT2D eigenvalue weighted by molar-refractivity contribution is 0.0954. The van der Waals surface area contributed by atoms with Gasteiger partial charge in [-0.3, -0.25) is 9.79 Å². The summed E-state index contributed by atoms with van der Waals surface area (Å²) in [7, 11) is 0. The second-order valence-corrected chi connectivity index (χ2v) is 6.82. The quantitative estimate of drug-likeness (QED) is 0.235. The number of rotatable bonds is 6. The van der Waals surface area contributed by atoms with Crippen molar-refractivity contribution in [2.45, 2.75) is 6.92 Å². The summed E-state index contributed by atoms with van der Waals surface area (Å²) >= 11 is 0. The average Bonchev–Trinajstić information content (AvgIpc) is 2.77. The minimum atomic E-state index is -0.0814. The highest BCUT2D eigenvalue weighted by atomic mass is 127. The van der Waals surface area contributed by atoms with Crippen LogP contribution in [0, 0.1) is 0 Å². The molecule has 0 saturated carbocycles. The zero-order valence-corrected chi connectivity index (χ0v) is 19.6. The fourth-order valence-corrected chi connectivity index (χ4v) is 3.34. The van der Waals surface area contributed by atoms with Gasteiger partial charge in [0.2, 0.25) is 0 Å². The molecule has 7 nitrogen and oxygen atoms in total. The summed E-state index contributed by atoms with van der Waals surface area (Å²) in [6.45, 7) is 7.09. The van der Waals surface area contributed by atoms with Crippen molar-refractivity contribution in [1.82, 2.24) is 15.5 Å². The molecule has 0 unspecified atom stereocenters. The minimum Gasteiger partial charge on any atom is -0.506 e. The summed E-state index contributed by atoms with van der Waals surface area (Å²) in [5.41, 5.74) is 1.53. The van der Waals surface area contributed by atoms with Crippen molar-refractivity contribution in [3.63, 3.8) is 0 Å². The smallest absolute Gasteiger partial charge is 0.251 e. The molecule has 1 aliphatic heterocycles. The number of nitrogens with one attached hydrogen (secondary N) is 2. The predicted molar refractivity (Wildman–Crippen MR) is 132 cm³/mol. The van der Waals surface area contributed by atoms with E-state index in [9.17, 15) is 9.90 Å². The Kier molecular flexibility index (Phi) is 9.72. The van der Waals surface area contributed by atoms with Gasteiger partial charge in [0.1, 0.15) is 5.75 Å². The number of carbonyl (C=O) groups excluding carboxylic acids is 1. The van der Waals surface area contributed by atoms with Gasteiger partial charge in [-0.15, -0.1) is 24.0 Å². The summed E-state index contributed by atoms with van der Waals surface area (Å²) < 4.78 is 0. The summed E-state index contributed by atoms with van der Waals surface area (Å²) in [5, 5.41) is 16.3. The second-order valence-electron chi connectivity index (χ2n) is 6.82. The van der Waals surface area contributed by atoms with Gasteiger partial charge in [0.25, 0.3) is 5.91 Å². The van der Waals surface area contributed by atoms with Crippen LogP contribution in [0.1, 0.15) is 17.3 Å². The fourth-order valence-electron chi connectivity index (χ4n) is 3.34. The number of anilines is 1. The van der Waals surface area contributed by atoms with E-state index in [1.54, 1.807) is 18.2 Å². The van der Waals surface area contributed by atoms with Crippen molar-refractivity contribution in [3.8, 4) is 5.75 Å². The maximum Gasteiger partial charge on any atom is 0.251 e. The summed E-state index contributed by atoms with van der Waals surface area (Å²) in [4.78, 5) is 21.2. The molecule has 1 heterocycles. The molecule has 1 saturated heterocycles. The topological polar surface area (TPSA) is 80.2 Å². The average molecular weight is 523 g/mol. The monoisotopic (exact) mass is 523 g/mol. The molecule has 0 bridgehead atoms. The van der Waals surface area contributed by atoms with Crippen LogP contribution in [-0.4, -0.2) is 67.7 Å². The van der Waals surface area contributed by atoms with Gasteiger partial charge < -0.3 is 25.5 Å². The van der Waals surface area contributed by atoms with Gasteiger partial charge in [0, 0.05) is 44.8 Å². The molecule has 0 aromatic heterocycles. The number of guanidine groups is 1. The third kappa shape index (κ3) is 6.51. The van der Waals surface area contributed by atoms with Crippen molar-refractivity contribution in [1.29, 1.82) is 0 Å². The van der Waals surface area contributed by atoms with Crippen LogP contribution >= 0.6 is 24.0 Å². The SMILES string of the molecule is CCNC(=NCCNC(=O)c1ccccc1)N1CCN(c2ccccc2O)CC1.I. The van der Waals surface area contributed by atoms with E-state index in [-0.39, 0.29) is 29.9 Å². The van der Waals surface area contributed by atoms with Crippen molar-refractivity contribution in [2.24, 2.45) is 4.99 Å². The first-order valence-electron chi connectivity index (χ1n) is 10.1. The fraction of sp³-hybridized carbons (Fsp3) is 0.364. The molecule has 30 heavy (non-hydrogen) atoms. The van der Waals surface area contributed by atoms with Crippen molar-refractivity contribution >= 4 is 41.5 Å². The maximum atomic E-state index is 12.1. The second kappa shape index (κ2) is 12.3. The van der Waals surface area contributed by atoms with Gasteiger partial charge in [0.15, 0.2) is 5.96 Å². The van der Waals surface area contributed by atoms with E-state index in [2.05, 4.69) is 25.4 Å². The van der Waals surface area contributed by atoms with Crippen LogP contribution in [0.4, 0.5) is 5.69 Å². The Morgan fingerprint density at radius 2 is 1.67 bits per heavy atom. The minimum absolute atomic E-state index is 0. The molecule has 3 N–H and O–H groups in total. The Hall–Kier alpha value is -2.49. The molecule has 0 spiro atoms. The van der Waals surface area contributed by atoms with Crippen LogP contribution in [0.3, 0.4) is 0 Å². The van der Waals surface area contributed by atoms with Gasteiger partial charge in [0.05, 0.1) is 12.2 Å². The number of hydrogen-bond acceptors (Lipinski definition) is 4. The Balaban J connectivity index is 0.00000320. The third-order valence-corrected chi connectivity index (χ3v) is 4.83. The number of nitrogens with zero attached hydrogens (tertiary/aromatic N) is 3.